The highest BCUT2D eigenvalue weighted by atomic mass is 32.1. The molecule has 0 atom stereocenters. The van der Waals surface area contributed by atoms with Gasteiger partial charge in [0.25, 0.3) is 0 Å². The van der Waals surface area contributed by atoms with Crippen LogP contribution in [0.25, 0.3) is 0 Å². The number of methoxy groups -OCH3 is 1. The molecule has 0 spiro atoms. The average Bonchev–Trinajstić information content (AvgIpc) is 2.04. The van der Waals surface area contributed by atoms with E-state index in [0.717, 1.165) is 26.0 Å². The van der Waals surface area contributed by atoms with Gasteiger partial charge >= 0.3 is 0 Å². The topological polar surface area (TPSA) is 33.3 Å². The Kier molecular flexibility index (Phi) is 7.51. The number of rotatable bonds is 5. The van der Waals surface area contributed by atoms with Crippen molar-refractivity contribution >= 4 is 17.3 Å². The predicted octanol–water partition coefficient (Wildman–Crippen LogP) is 0.507. The highest BCUT2D eigenvalue weighted by Gasteiger charge is 1.89. The number of hydrogen-bond acceptors (Lipinski definition) is 2. The maximum atomic E-state index is 4.90. The zero-order chi connectivity index (χ0) is 8.53. The summed E-state index contributed by atoms with van der Waals surface area (Å²) in [6.45, 7) is 1.75. The van der Waals surface area contributed by atoms with Crippen LogP contribution in [0.4, 0.5) is 0 Å². The summed E-state index contributed by atoms with van der Waals surface area (Å²) in [7, 11) is 3.52. The van der Waals surface area contributed by atoms with Gasteiger partial charge in [0.1, 0.15) is 0 Å². The molecule has 0 aliphatic carbocycles. The van der Waals surface area contributed by atoms with Crippen LogP contribution in [0.3, 0.4) is 0 Å². The number of nitrogens with one attached hydrogen (secondary N) is 2. The molecule has 0 rings (SSSR count). The van der Waals surface area contributed by atoms with Crippen molar-refractivity contribution in [3.8, 4) is 0 Å². The van der Waals surface area contributed by atoms with E-state index in [4.69, 9.17) is 17.0 Å². The maximum absolute atomic E-state index is 4.90. The lowest BCUT2D eigenvalue weighted by Crippen LogP contribution is -2.33. The first-order valence-corrected chi connectivity index (χ1v) is 4.16. The van der Waals surface area contributed by atoms with Crippen LogP contribution < -0.4 is 10.6 Å². The van der Waals surface area contributed by atoms with E-state index in [1.165, 1.54) is 0 Å². The van der Waals surface area contributed by atoms with E-state index >= 15 is 0 Å². The van der Waals surface area contributed by atoms with Gasteiger partial charge < -0.3 is 15.4 Å². The van der Waals surface area contributed by atoms with Crippen LogP contribution in [0.5, 0.6) is 0 Å². The number of thiocarbonyl (C=S) groups is 1. The van der Waals surface area contributed by atoms with Gasteiger partial charge in [0.2, 0.25) is 0 Å². The van der Waals surface area contributed by atoms with Gasteiger partial charge in [-0.2, -0.15) is 0 Å². The molecule has 0 amide bonds. The molecule has 3 nitrogen and oxygen atoms in total. The fraction of sp³-hybridized carbons (Fsp3) is 0.857. The number of unbranched alkanes of at least 4 members (excludes halogenated alkanes) is 1. The Bertz CT molecular complexity index is 109. The Labute approximate surface area is 73.5 Å². The third-order valence-corrected chi connectivity index (χ3v) is 1.64. The van der Waals surface area contributed by atoms with E-state index in [9.17, 15) is 0 Å². The van der Waals surface area contributed by atoms with Crippen molar-refractivity contribution in [2.24, 2.45) is 0 Å². The van der Waals surface area contributed by atoms with Crippen LogP contribution in [0, 0.1) is 0 Å². The Morgan fingerprint density at radius 1 is 1.45 bits per heavy atom. The van der Waals surface area contributed by atoms with E-state index in [1.807, 2.05) is 7.05 Å². The summed E-state index contributed by atoms with van der Waals surface area (Å²) >= 11 is 4.88. The average molecular weight is 176 g/mol. The summed E-state index contributed by atoms with van der Waals surface area (Å²) in [4.78, 5) is 0. The van der Waals surface area contributed by atoms with Crippen LogP contribution in [0.2, 0.25) is 0 Å². The molecule has 0 saturated heterocycles. The molecule has 0 radical (unpaired) electrons. The summed E-state index contributed by atoms with van der Waals surface area (Å²) in [5.74, 6) is 0. The van der Waals surface area contributed by atoms with Gasteiger partial charge in [0.05, 0.1) is 0 Å². The van der Waals surface area contributed by atoms with Crippen molar-refractivity contribution in [1.82, 2.24) is 10.6 Å². The van der Waals surface area contributed by atoms with Gasteiger partial charge in [-0.05, 0) is 25.1 Å². The summed E-state index contributed by atoms with van der Waals surface area (Å²) < 4.78 is 4.90. The summed E-state index contributed by atoms with van der Waals surface area (Å²) in [6, 6.07) is 0. The first-order chi connectivity index (χ1) is 5.31. The first-order valence-electron chi connectivity index (χ1n) is 3.75. The molecular formula is C7H16N2OS. The minimum Gasteiger partial charge on any atom is -0.385 e. The van der Waals surface area contributed by atoms with Crippen molar-refractivity contribution in [3.63, 3.8) is 0 Å². The van der Waals surface area contributed by atoms with Crippen LogP contribution in [-0.4, -0.2) is 32.4 Å². The predicted molar refractivity (Wildman–Crippen MR) is 50.8 cm³/mol. The van der Waals surface area contributed by atoms with Crippen molar-refractivity contribution < 1.29 is 4.74 Å². The zero-order valence-corrected chi connectivity index (χ0v) is 7.96. The van der Waals surface area contributed by atoms with Gasteiger partial charge in [0.15, 0.2) is 5.11 Å². The van der Waals surface area contributed by atoms with Crippen LogP contribution in [0.1, 0.15) is 12.8 Å². The summed E-state index contributed by atoms with van der Waals surface area (Å²) in [5.41, 5.74) is 0. The largest absolute Gasteiger partial charge is 0.385 e. The smallest absolute Gasteiger partial charge is 0.166 e. The molecule has 0 aromatic heterocycles. The molecule has 0 aromatic rings. The lowest BCUT2D eigenvalue weighted by molar-refractivity contribution is 0.193. The fourth-order valence-corrected chi connectivity index (χ4v) is 0.764. The molecule has 66 valence electrons. The standard InChI is InChI=1S/C7H16N2OS/c1-8-7(11)9-5-3-4-6-10-2/h3-6H2,1-2H3,(H2,8,9,11). The van der Waals surface area contributed by atoms with Crippen LogP contribution in [0.15, 0.2) is 0 Å². The quantitative estimate of drug-likeness (QED) is 0.472. The summed E-state index contributed by atoms with van der Waals surface area (Å²) in [5, 5.41) is 6.61. The third kappa shape index (κ3) is 7.55. The van der Waals surface area contributed by atoms with Gasteiger partial charge in [0, 0.05) is 27.3 Å². The first kappa shape index (κ1) is 10.7. The van der Waals surface area contributed by atoms with Crippen molar-refractivity contribution in [2.75, 3.05) is 27.3 Å². The SMILES string of the molecule is CNC(=S)NCCCCOC. The molecule has 0 aliphatic rings. The molecule has 0 bridgehead atoms. The number of hydrogen-bond donors (Lipinski definition) is 2. The lowest BCUT2D eigenvalue weighted by Gasteiger charge is -2.05. The van der Waals surface area contributed by atoms with Crippen molar-refractivity contribution in [2.45, 2.75) is 12.8 Å². The number of ether oxygens (including phenoxy) is 1. The third-order valence-electron chi connectivity index (χ3n) is 1.29. The Morgan fingerprint density at radius 2 is 2.18 bits per heavy atom. The van der Waals surface area contributed by atoms with Crippen molar-refractivity contribution in [1.29, 1.82) is 0 Å². The van der Waals surface area contributed by atoms with E-state index in [1.54, 1.807) is 7.11 Å². The van der Waals surface area contributed by atoms with Crippen LogP contribution in [-0.2, 0) is 4.74 Å². The van der Waals surface area contributed by atoms with E-state index < -0.39 is 0 Å². The molecular weight excluding hydrogens is 160 g/mol. The van der Waals surface area contributed by atoms with E-state index in [2.05, 4.69) is 10.6 Å². The maximum Gasteiger partial charge on any atom is 0.166 e. The monoisotopic (exact) mass is 176 g/mol. The molecule has 0 aromatic carbocycles. The Morgan fingerprint density at radius 3 is 2.73 bits per heavy atom. The highest BCUT2D eigenvalue weighted by Crippen LogP contribution is 1.86. The molecule has 0 saturated carbocycles. The van der Waals surface area contributed by atoms with E-state index in [0.29, 0.717) is 5.11 Å². The normalized spacial score (nSPS) is 9.27. The van der Waals surface area contributed by atoms with Gasteiger partial charge in [-0.25, -0.2) is 0 Å². The fourth-order valence-electron chi connectivity index (χ4n) is 0.662. The molecule has 2 N–H and O–H groups in total. The van der Waals surface area contributed by atoms with Crippen LogP contribution >= 0.6 is 12.2 Å². The minimum atomic E-state index is 0.711. The molecule has 0 heterocycles. The second-order valence-corrected chi connectivity index (χ2v) is 2.61. The molecule has 0 fully saturated rings. The molecule has 4 heteroatoms. The zero-order valence-electron chi connectivity index (χ0n) is 7.14. The Hall–Kier alpha value is -0.350. The van der Waals surface area contributed by atoms with Crippen molar-refractivity contribution in [3.05, 3.63) is 0 Å². The Balaban J connectivity index is 2.95. The van der Waals surface area contributed by atoms with E-state index in [-0.39, 0.29) is 0 Å². The molecule has 0 unspecified atom stereocenters. The van der Waals surface area contributed by atoms with Gasteiger partial charge in [-0.1, -0.05) is 0 Å². The second-order valence-electron chi connectivity index (χ2n) is 2.21. The van der Waals surface area contributed by atoms with Gasteiger partial charge in [-0.15, -0.1) is 0 Å². The van der Waals surface area contributed by atoms with Gasteiger partial charge in [-0.3, -0.25) is 0 Å². The minimum absolute atomic E-state index is 0.711. The molecule has 0 aliphatic heterocycles. The molecule has 11 heavy (non-hydrogen) atoms. The lowest BCUT2D eigenvalue weighted by atomic mass is 10.3. The second kappa shape index (κ2) is 7.75. The highest BCUT2D eigenvalue weighted by molar-refractivity contribution is 7.80. The summed E-state index contributed by atoms with van der Waals surface area (Å²) in [6.07, 6.45) is 2.17.